The molecule has 4 atom stereocenters. The van der Waals surface area contributed by atoms with E-state index in [1.807, 2.05) is 13.8 Å². The Labute approximate surface area is 111 Å². The lowest BCUT2D eigenvalue weighted by Crippen LogP contribution is -2.46. The highest BCUT2D eigenvalue weighted by molar-refractivity contribution is 7.90. The highest BCUT2D eigenvalue weighted by Gasteiger charge is 2.41. The highest BCUT2D eigenvalue weighted by Crippen LogP contribution is 2.44. The first-order valence-corrected chi connectivity index (χ1v) is 8.67. The van der Waals surface area contributed by atoms with Gasteiger partial charge in [0.2, 0.25) is 10.0 Å². The van der Waals surface area contributed by atoms with Crippen LogP contribution in [0.4, 0.5) is 0 Å². The number of sulfonamides is 1. The Morgan fingerprint density at radius 3 is 2.39 bits per heavy atom. The standard InChI is InChI=1S/C13H26N2O2S/c1-9(2)14-8-10(3)18(16,17)15-13-7-11-4-5-12(13)6-11/h9-15H,4-8H2,1-3H3. The largest absolute Gasteiger partial charge is 0.313 e. The molecule has 2 fully saturated rings. The topological polar surface area (TPSA) is 58.2 Å². The van der Waals surface area contributed by atoms with E-state index in [2.05, 4.69) is 10.0 Å². The van der Waals surface area contributed by atoms with Crippen LogP contribution >= 0.6 is 0 Å². The second-order valence-electron chi connectivity index (χ2n) is 6.32. The van der Waals surface area contributed by atoms with Crippen LogP contribution in [0.5, 0.6) is 0 Å². The van der Waals surface area contributed by atoms with Crippen molar-refractivity contribution in [1.29, 1.82) is 0 Å². The van der Waals surface area contributed by atoms with Crippen molar-refractivity contribution in [2.24, 2.45) is 11.8 Å². The summed E-state index contributed by atoms with van der Waals surface area (Å²) in [6.45, 7) is 6.37. The third-order valence-corrected chi connectivity index (χ3v) is 6.25. The Hall–Kier alpha value is -0.130. The molecule has 4 unspecified atom stereocenters. The van der Waals surface area contributed by atoms with E-state index in [4.69, 9.17) is 0 Å². The first kappa shape index (κ1) is 14.3. The van der Waals surface area contributed by atoms with Gasteiger partial charge >= 0.3 is 0 Å². The van der Waals surface area contributed by atoms with Crippen LogP contribution in [0, 0.1) is 11.8 Å². The van der Waals surface area contributed by atoms with E-state index >= 15 is 0 Å². The predicted octanol–water partition coefficient (Wildman–Crippen LogP) is 1.48. The zero-order chi connectivity index (χ0) is 13.3. The molecule has 0 heterocycles. The summed E-state index contributed by atoms with van der Waals surface area (Å²) < 4.78 is 27.4. The van der Waals surface area contributed by atoms with Crippen LogP contribution in [0.1, 0.15) is 46.5 Å². The first-order valence-electron chi connectivity index (χ1n) is 7.13. The van der Waals surface area contributed by atoms with Crippen molar-refractivity contribution in [2.75, 3.05) is 6.54 Å². The first-order chi connectivity index (χ1) is 8.38. The molecule has 2 bridgehead atoms. The molecule has 2 N–H and O–H groups in total. The molecule has 18 heavy (non-hydrogen) atoms. The molecule has 0 aromatic heterocycles. The van der Waals surface area contributed by atoms with Crippen molar-refractivity contribution >= 4 is 10.0 Å². The van der Waals surface area contributed by atoms with Crippen LogP contribution in [-0.2, 0) is 10.0 Å². The Bertz CT molecular complexity index is 380. The summed E-state index contributed by atoms with van der Waals surface area (Å²) in [6, 6.07) is 0.528. The molecule has 106 valence electrons. The summed E-state index contributed by atoms with van der Waals surface area (Å²) in [4.78, 5) is 0. The van der Waals surface area contributed by atoms with Crippen molar-refractivity contribution in [1.82, 2.24) is 10.0 Å². The SMILES string of the molecule is CC(C)NCC(C)S(=O)(=O)NC1CC2CCC1C2. The van der Waals surface area contributed by atoms with Gasteiger partial charge in [0.25, 0.3) is 0 Å². The van der Waals surface area contributed by atoms with Crippen LogP contribution in [0.3, 0.4) is 0 Å². The zero-order valence-electron chi connectivity index (χ0n) is 11.6. The van der Waals surface area contributed by atoms with Crippen LogP contribution < -0.4 is 10.0 Å². The molecular formula is C13H26N2O2S. The van der Waals surface area contributed by atoms with Crippen LogP contribution in [0.25, 0.3) is 0 Å². The average molecular weight is 274 g/mol. The molecule has 0 aromatic rings. The van der Waals surface area contributed by atoms with Crippen molar-refractivity contribution < 1.29 is 8.42 Å². The quantitative estimate of drug-likeness (QED) is 0.771. The normalized spacial score (nSPS) is 33.2. The molecule has 0 radical (unpaired) electrons. The lowest BCUT2D eigenvalue weighted by atomic mass is 9.96. The highest BCUT2D eigenvalue weighted by atomic mass is 32.2. The minimum Gasteiger partial charge on any atom is -0.313 e. The molecule has 2 saturated carbocycles. The van der Waals surface area contributed by atoms with E-state index in [9.17, 15) is 8.42 Å². The number of fused-ring (bicyclic) bond motifs is 2. The minimum atomic E-state index is -3.17. The van der Waals surface area contributed by atoms with Gasteiger partial charge in [-0.3, -0.25) is 0 Å². The van der Waals surface area contributed by atoms with Crippen LogP contribution in [0.2, 0.25) is 0 Å². The third kappa shape index (κ3) is 3.25. The monoisotopic (exact) mass is 274 g/mol. The molecule has 0 aromatic carbocycles. The zero-order valence-corrected chi connectivity index (χ0v) is 12.5. The third-order valence-electron chi connectivity index (χ3n) is 4.40. The van der Waals surface area contributed by atoms with Gasteiger partial charge in [-0.1, -0.05) is 20.3 Å². The molecule has 4 nitrogen and oxygen atoms in total. The molecular weight excluding hydrogens is 248 g/mol. The maximum absolute atomic E-state index is 12.2. The summed E-state index contributed by atoms with van der Waals surface area (Å²) >= 11 is 0. The van der Waals surface area contributed by atoms with Gasteiger partial charge < -0.3 is 5.32 Å². The number of nitrogens with one attached hydrogen (secondary N) is 2. The van der Waals surface area contributed by atoms with Crippen LogP contribution in [-0.4, -0.2) is 32.3 Å². The van der Waals surface area contributed by atoms with Gasteiger partial charge in [0, 0.05) is 18.6 Å². The number of hydrogen-bond acceptors (Lipinski definition) is 3. The van der Waals surface area contributed by atoms with Crippen molar-refractivity contribution in [3.63, 3.8) is 0 Å². The number of rotatable bonds is 6. The van der Waals surface area contributed by atoms with E-state index in [1.165, 1.54) is 19.3 Å². The van der Waals surface area contributed by atoms with E-state index < -0.39 is 10.0 Å². The molecule has 0 spiro atoms. The fraction of sp³-hybridized carbons (Fsp3) is 1.00. The molecule has 0 aliphatic heterocycles. The van der Waals surface area contributed by atoms with E-state index in [1.54, 1.807) is 6.92 Å². The van der Waals surface area contributed by atoms with Crippen molar-refractivity contribution in [2.45, 2.75) is 63.8 Å². The van der Waals surface area contributed by atoms with Crippen LogP contribution in [0.15, 0.2) is 0 Å². The van der Waals surface area contributed by atoms with E-state index in [0.717, 1.165) is 12.3 Å². The average Bonchev–Trinajstić information content (AvgIpc) is 2.86. The van der Waals surface area contributed by atoms with Gasteiger partial charge in [-0.05, 0) is 38.0 Å². The lowest BCUT2D eigenvalue weighted by Gasteiger charge is -2.25. The van der Waals surface area contributed by atoms with Gasteiger partial charge in [-0.2, -0.15) is 0 Å². The smallest absolute Gasteiger partial charge is 0.215 e. The molecule has 2 rings (SSSR count). The summed E-state index contributed by atoms with van der Waals surface area (Å²) in [7, 11) is -3.17. The number of hydrogen-bond donors (Lipinski definition) is 2. The molecule has 0 saturated heterocycles. The Kier molecular flexibility index (Phi) is 4.34. The molecule has 2 aliphatic rings. The lowest BCUT2D eigenvalue weighted by molar-refractivity contribution is 0.388. The second-order valence-corrected chi connectivity index (χ2v) is 8.45. The van der Waals surface area contributed by atoms with Crippen molar-refractivity contribution in [3.05, 3.63) is 0 Å². The van der Waals surface area contributed by atoms with Gasteiger partial charge in [0.1, 0.15) is 0 Å². The second kappa shape index (κ2) is 5.47. The van der Waals surface area contributed by atoms with Gasteiger partial charge in [0.15, 0.2) is 0 Å². The molecule has 0 amide bonds. The summed E-state index contributed by atoms with van der Waals surface area (Å²) in [5.41, 5.74) is 0. The van der Waals surface area contributed by atoms with Gasteiger partial charge in [-0.25, -0.2) is 13.1 Å². The minimum absolute atomic E-state index is 0.204. The summed E-state index contributed by atoms with van der Waals surface area (Å²) in [6.07, 6.45) is 4.78. The van der Waals surface area contributed by atoms with Gasteiger partial charge in [0.05, 0.1) is 5.25 Å². The molecule has 5 heteroatoms. The summed E-state index contributed by atoms with van der Waals surface area (Å²) in [5.74, 6) is 1.36. The fourth-order valence-electron chi connectivity index (χ4n) is 3.23. The fourth-order valence-corrected chi connectivity index (χ4v) is 4.49. The summed E-state index contributed by atoms with van der Waals surface area (Å²) in [5, 5.41) is 2.83. The Morgan fingerprint density at radius 2 is 1.89 bits per heavy atom. The van der Waals surface area contributed by atoms with Crippen molar-refractivity contribution in [3.8, 4) is 0 Å². The maximum atomic E-state index is 12.2. The van der Waals surface area contributed by atoms with Gasteiger partial charge in [-0.15, -0.1) is 0 Å². The Balaban J connectivity index is 1.87. The van der Waals surface area contributed by atoms with E-state index in [0.29, 0.717) is 18.5 Å². The maximum Gasteiger partial charge on any atom is 0.215 e. The molecule has 2 aliphatic carbocycles. The predicted molar refractivity (Wildman–Crippen MR) is 73.9 cm³/mol. The Morgan fingerprint density at radius 1 is 1.17 bits per heavy atom. The van der Waals surface area contributed by atoms with E-state index in [-0.39, 0.29) is 11.3 Å².